The zero-order valence-electron chi connectivity index (χ0n) is 12.8. The van der Waals surface area contributed by atoms with Gasteiger partial charge in [0.2, 0.25) is 0 Å². The number of rotatable bonds is 4. The summed E-state index contributed by atoms with van der Waals surface area (Å²) in [6, 6.07) is 13.1. The first-order chi connectivity index (χ1) is 10.3. The lowest BCUT2D eigenvalue weighted by atomic mass is 10.2. The number of thioether (sulfide) groups is 1. The van der Waals surface area contributed by atoms with Gasteiger partial charge >= 0.3 is 0 Å². The fraction of sp³-hybridized carbons (Fsp3) is 0.412. The number of nitrogens with zero attached hydrogens (tertiary/aromatic N) is 3. The molecule has 1 aromatic heterocycles. The molecule has 0 aliphatic carbocycles. The second-order valence-corrected chi connectivity index (χ2v) is 6.39. The van der Waals surface area contributed by atoms with Gasteiger partial charge in [-0.2, -0.15) is 0 Å². The van der Waals surface area contributed by atoms with Gasteiger partial charge in [0.05, 0.1) is 5.69 Å². The van der Waals surface area contributed by atoms with Crippen LogP contribution in [0.5, 0.6) is 0 Å². The molecule has 0 saturated carbocycles. The molecule has 0 N–H and O–H groups in total. The third kappa shape index (κ3) is 3.27. The van der Waals surface area contributed by atoms with E-state index in [-0.39, 0.29) is 0 Å². The summed E-state index contributed by atoms with van der Waals surface area (Å²) in [5, 5.41) is 0. The highest BCUT2D eigenvalue weighted by Gasteiger charge is 2.19. The second-order valence-electron chi connectivity index (χ2n) is 5.55. The summed E-state index contributed by atoms with van der Waals surface area (Å²) >= 11 is 1.84. The van der Waals surface area contributed by atoms with Crippen LogP contribution in [0.1, 0.15) is 5.69 Å². The number of hydrogen-bond acceptors (Lipinski definition) is 3. The highest BCUT2D eigenvalue weighted by molar-refractivity contribution is 7.98. The van der Waals surface area contributed by atoms with Crippen LogP contribution in [-0.4, -0.2) is 41.9 Å². The van der Waals surface area contributed by atoms with Crippen molar-refractivity contribution in [2.45, 2.75) is 11.4 Å². The molecular formula is C17H23N3S. The maximum Gasteiger partial charge on any atom is 0.0505 e. The van der Waals surface area contributed by atoms with Gasteiger partial charge in [-0.1, -0.05) is 12.1 Å². The fourth-order valence-corrected chi connectivity index (χ4v) is 3.55. The molecule has 0 unspecified atom stereocenters. The Bertz CT molecular complexity index is 585. The Balaban J connectivity index is 1.61. The maximum absolute atomic E-state index is 2.55. The summed E-state index contributed by atoms with van der Waals surface area (Å²) in [5.74, 6) is 0. The van der Waals surface area contributed by atoms with Gasteiger partial charge in [-0.3, -0.25) is 4.90 Å². The smallest absolute Gasteiger partial charge is 0.0505 e. The lowest BCUT2D eigenvalue weighted by Crippen LogP contribution is -2.46. The Morgan fingerprint density at radius 1 is 1.00 bits per heavy atom. The molecule has 0 bridgehead atoms. The minimum Gasteiger partial charge on any atom is -0.368 e. The minimum atomic E-state index is 1.06. The van der Waals surface area contributed by atoms with Gasteiger partial charge in [0.25, 0.3) is 0 Å². The van der Waals surface area contributed by atoms with Crippen molar-refractivity contribution in [1.82, 2.24) is 9.47 Å². The molecule has 112 valence electrons. The molecule has 3 rings (SSSR count). The maximum atomic E-state index is 2.55. The van der Waals surface area contributed by atoms with E-state index in [2.05, 4.69) is 70.3 Å². The van der Waals surface area contributed by atoms with Gasteiger partial charge in [-0.15, -0.1) is 11.8 Å². The van der Waals surface area contributed by atoms with Crippen molar-refractivity contribution in [3.8, 4) is 0 Å². The monoisotopic (exact) mass is 301 g/mol. The number of anilines is 1. The quantitative estimate of drug-likeness (QED) is 0.805. The summed E-state index contributed by atoms with van der Waals surface area (Å²) in [7, 11) is 2.13. The molecule has 2 aromatic rings. The van der Waals surface area contributed by atoms with E-state index in [0.29, 0.717) is 0 Å². The predicted molar refractivity (Wildman–Crippen MR) is 91.1 cm³/mol. The molecule has 1 fully saturated rings. The van der Waals surface area contributed by atoms with Crippen LogP contribution in [0.25, 0.3) is 0 Å². The first-order valence-corrected chi connectivity index (χ1v) is 8.71. The van der Waals surface area contributed by atoms with Crippen molar-refractivity contribution in [3.05, 3.63) is 48.3 Å². The average molecular weight is 301 g/mol. The Morgan fingerprint density at radius 2 is 1.76 bits per heavy atom. The molecule has 4 heteroatoms. The number of benzene rings is 1. The van der Waals surface area contributed by atoms with Crippen LogP contribution in [0.4, 0.5) is 5.69 Å². The number of hydrogen-bond donors (Lipinski definition) is 0. The van der Waals surface area contributed by atoms with E-state index >= 15 is 0 Å². The summed E-state index contributed by atoms with van der Waals surface area (Å²) < 4.78 is 2.22. The molecule has 3 nitrogen and oxygen atoms in total. The van der Waals surface area contributed by atoms with Gasteiger partial charge in [0, 0.05) is 56.6 Å². The van der Waals surface area contributed by atoms with Crippen molar-refractivity contribution < 1.29 is 0 Å². The Kier molecular flexibility index (Phi) is 4.56. The second kappa shape index (κ2) is 6.58. The van der Waals surface area contributed by atoms with E-state index in [1.54, 1.807) is 0 Å². The van der Waals surface area contributed by atoms with Gasteiger partial charge in [-0.05, 0) is 30.5 Å². The van der Waals surface area contributed by atoms with Crippen molar-refractivity contribution in [1.29, 1.82) is 0 Å². The standard InChI is InChI=1S/C17H23N3S/c1-18-9-5-6-15(18)14-19-10-12-20(13-11-19)16-7-3-4-8-17(16)21-2/h3-9H,10-14H2,1-2H3. The van der Waals surface area contributed by atoms with E-state index in [9.17, 15) is 0 Å². The lowest BCUT2D eigenvalue weighted by molar-refractivity contribution is 0.244. The summed E-state index contributed by atoms with van der Waals surface area (Å²) in [6.07, 6.45) is 4.28. The third-order valence-electron chi connectivity index (χ3n) is 4.24. The Labute approximate surface area is 131 Å². The van der Waals surface area contributed by atoms with E-state index in [1.165, 1.54) is 16.3 Å². The first-order valence-electron chi connectivity index (χ1n) is 7.48. The van der Waals surface area contributed by atoms with E-state index in [1.807, 2.05) is 11.8 Å². The fourth-order valence-electron chi connectivity index (χ4n) is 2.93. The Hall–Kier alpha value is -1.39. The van der Waals surface area contributed by atoms with Crippen LogP contribution in [0, 0.1) is 0 Å². The van der Waals surface area contributed by atoms with Crippen LogP contribution in [0.15, 0.2) is 47.5 Å². The molecule has 1 aromatic carbocycles. The van der Waals surface area contributed by atoms with E-state index in [0.717, 1.165) is 32.7 Å². The predicted octanol–water partition coefficient (Wildman–Crippen LogP) is 3.07. The largest absolute Gasteiger partial charge is 0.368 e. The van der Waals surface area contributed by atoms with Crippen molar-refractivity contribution in [2.24, 2.45) is 7.05 Å². The SMILES string of the molecule is CSc1ccccc1N1CCN(Cc2cccn2C)CC1. The molecular weight excluding hydrogens is 278 g/mol. The van der Waals surface area contributed by atoms with Crippen LogP contribution < -0.4 is 4.90 Å². The van der Waals surface area contributed by atoms with Gasteiger partial charge < -0.3 is 9.47 Å². The molecule has 21 heavy (non-hydrogen) atoms. The number of aryl methyl sites for hydroxylation is 1. The van der Waals surface area contributed by atoms with Crippen molar-refractivity contribution >= 4 is 17.4 Å². The molecule has 0 spiro atoms. The zero-order valence-corrected chi connectivity index (χ0v) is 13.6. The molecule has 1 aliphatic heterocycles. The summed E-state index contributed by atoms with van der Waals surface area (Å²) in [6.45, 7) is 5.55. The van der Waals surface area contributed by atoms with Crippen LogP contribution >= 0.6 is 11.8 Å². The molecule has 1 aliphatic rings. The third-order valence-corrected chi connectivity index (χ3v) is 5.02. The Morgan fingerprint density at radius 3 is 2.43 bits per heavy atom. The molecule has 0 amide bonds. The topological polar surface area (TPSA) is 11.4 Å². The van der Waals surface area contributed by atoms with E-state index in [4.69, 9.17) is 0 Å². The van der Waals surface area contributed by atoms with Crippen LogP contribution in [-0.2, 0) is 13.6 Å². The molecule has 2 heterocycles. The summed E-state index contributed by atoms with van der Waals surface area (Å²) in [5.41, 5.74) is 2.79. The van der Waals surface area contributed by atoms with E-state index < -0.39 is 0 Å². The van der Waals surface area contributed by atoms with Crippen LogP contribution in [0.3, 0.4) is 0 Å². The molecule has 0 atom stereocenters. The highest BCUT2D eigenvalue weighted by Crippen LogP contribution is 2.29. The summed E-state index contributed by atoms with van der Waals surface area (Å²) in [4.78, 5) is 6.45. The van der Waals surface area contributed by atoms with Gasteiger partial charge in [0.15, 0.2) is 0 Å². The molecule has 1 saturated heterocycles. The van der Waals surface area contributed by atoms with Crippen molar-refractivity contribution in [3.63, 3.8) is 0 Å². The first kappa shape index (κ1) is 14.5. The van der Waals surface area contributed by atoms with Gasteiger partial charge in [-0.25, -0.2) is 0 Å². The van der Waals surface area contributed by atoms with Crippen molar-refractivity contribution in [2.75, 3.05) is 37.3 Å². The number of aromatic nitrogens is 1. The average Bonchev–Trinajstić information content (AvgIpc) is 2.93. The zero-order chi connectivity index (χ0) is 14.7. The minimum absolute atomic E-state index is 1.06. The van der Waals surface area contributed by atoms with Crippen LogP contribution in [0.2, 0.25) is 0 Å². The molecule has 0 radical (unpaired) electrons. The normalized spacial score (nSPS) is 16.4. The lowest BCUT2D eigenvalue weighted by Gasteiger charge is -2.36. The number of piperazine rings is 1. The van der Waals surface area contributed by atoms with Gasteiger partial charge in [0.1, 0.15) is 0 Å². The number of para-hydroxylation sites is 1. The highest BCUT2D eigenvalue weighted by atomic mass is 32.2.